The van der Waals surface area contributed by atoms with Crippen LogP contribution in [0.2, 0.25) is 0 Å². The highest BCUT2D eigenvalue weighted by Crippen LogP contribution is 2.34. The van der Waals surface area contributed by atoms with E-state index in [9.17, 15) is 0 Å². The molecule has 6 rings (SSSR count). The van der Waals surface area contributed by atoms with Gasteiger partial charge < -0.3 is 25.8 Å². The van der Waals surface area contributed by atoms with Crippen molar-refractivity contribution in [2.45, 2.75) is 88.8 Å². The molecular weight excluding hydrogens is 476 g/mol. The average molecular weight is 519 g/mol. The van der Waals surface area contributed by atoms with Crippen molar-refractivity contribution in [2.24, 2.45) is 11.7 Å². The number of piperidine rings is 1. The van der Waals surface area contributed by atoms with Crippen LogP contribution in [0, 0.1) is 5.92 Å². The number of nitrogens with one attached hydrogen (secondary N) is 2. The van der Waals surface area contributed by atoms with Crippen molar-refractivity contribution in [3.8, 4) is 5.75 Å². The zero-order chi connectivity index (χ0) is 25.9. The first-order chi connectivity index (χ1) is 18.6. The number of methoxy groups -OCH3 is 1. The van der Waals surface area contributed by atoms with Crippen molar-refractivity contribution in [1.29, 1.82) is 0 Å². The van der Waals surface area contributed by atoms with Gasteiger partial charge in [-0.3, -0.25) is 0 Å². The van der Waals surface area contributed by atoms with Crippen LogP contribution >= 0.6 is 0 Å². The maximum atomic E-state index is 6.14. The summed E-state index contributed by atoms with van der Waals surface area (Å²) in [6.45, 7) is 1.96. The van der Waals surface area contributed by atoms with E-state index in [0.717, 1.165) is 80.8 Å². The Morgan fingerprint density at radius 1 is 1.00 bits per heavy atom. The van der Waals surface area contributed by atoms with Crippen molar-refractivity contribution in [3.63, 3.8) is 0 Å². The Kier molecular flexibility index (Phi) is 7.65. The highest BCUT2D eigenvalue weighted by atomic mass is 16.5. The molecule has 2 aliphatic carbocycles. The second-order valence-corrected chi connectivity index (χ2v) is 11.5. The number of imidazole rings is 1. The fraction of sp³-hybridized carbons (Fsp3) is 0.621. The van der Waals surface area contributed by atoms with E-state index in [1.165, 1.54) is 31.2 Å². The van der Waals surface area contributed by atoms with Gasteiger partial charge in [0.15, 0.2) is 17.0 Å². The minimum Gasteiger partial charge on any atom is -0.497 e. The van der Waals surface area contributed by atoms with Crippen LogP contribution < -0.4 is 21.2 Å². The van der Waals surface area contributed by atoms with Crippen LogP contribution in [0.15, 0.2) is 30.6 Å². The lowest BCUT2D eigenvalue weighted by Gasteiger charge is -2.32. The Hall–Kier alpha value is -2.91. The van der Waals surface area contributed by atoms with Crippen LogP contribution in [-0.2, 0) is 6.42 Å². The molecule has 9 nitrogen and oxygen atoms in total. The number of fused-ring (bicyclic) bond motifs is 1. The highest BCUT2D eigenvalue weighted by Gasteiger charge is 2.26. The monoisotopic (exact) mass is 518 g/mol. The summed E-state index contributed by atoms with van der Waals surface area (Å²) < 4.78 is 7.70. The second-order valence-electron chi connectivity index (χ2n) is 11.5. The maximum absolute atomic E-state index is 6.14. The van der Waals surface area contributed by atoms with E-state index in [2.05, 4.69) is 38.5 Å². The zero-order valence-electron chi connectivity index (χ0n) is 22.6. The lowest BCUT2D eigenvalue weighted by molar-refractivity contribution is 0.216. The zero-order valence-corrected chi connectivity index (χ0v) is 22.6. The number of hydrogen-bond donors (Lipinski definition) is 3. The smallest absolute Gasteiger partial charge is 0.227 e. The Morgan fingerprint density at radius 2 is 1.79 bits per heavy atom. The molecule has 0 unspecified atom stereocenters. The molecule has 3 heterocycles. The molecule has 1 saturated heterocycles. The summed E-state index contributed by atoms with van der Waals surface area (Å²) in [5, 5.41) is 5.94. The van der Waals surface area contributed by atoms with Crippen molar-refractivity contribution < 1.29 is 4.74 Å². The highest BCUT2D eigenvalue weighted by molar-refractivity contribution is 5.84. The minimum atomic E-state index is 0.323. The van der Waals surface area contributed by atoms with Gasteiger partial charge >= 0.3 is 0 Å². The molecule has 3 fully saturated rings. The first kappa shape index (κ1) is 25.4. The van der Waals surface area contributed by atoms with E-state index in [0.29, 0.717) is 30.0 Å². The summed E-state index contributed by atoms with van der Waals surface area (Å²) in [5.74, 6) is 3.12. The summed E-state index contributed by atoms with van der Waals surface area (Å²) in [4.78, 5) is 14.8. The van der Waals surface area contributed by atoms with Gasteiger partial charge in [-0.2, -0.15) is 9.97 Å². The molecule has 0 spiro atoms. The normalized spacial score (nSPS) is 23.6. The third-order valence-corrected chi connectivity index (χ3v) is 8.78. The molecule has 38 heavy (non-hydrogen) atoms. The van der Waals surface area contributed by atoms with Crippen LogP contribution in [0.4, 0.5) is 11.8 Å². The van der Waals surface area contributed by atoms with Gasteiger partial charge in [0.25, 0.3) is 0 Å². The summed E-state index contributed by atoms with van der Waals surface area (Å²) in [5.41, 5.74) is 12.9. The number of rotatable bonds is 8. The molecular formula is C29H42N8O. The summed E-state index contributed by atoms with van der Waals surface area (Å²) in [6, 6.07) is 9.65. The van der Waals surface area contributed by atoms with Gasteiger partial charge in [0.2, 0.25) is 5.95 Å². The van der Waals surface area contributed by atoms with Gasteiger partial charge in [-0.1, -0.05) is 25.0 Å². The van der Waals surface area contributed by atoms with Crippen LogP contribution in [0.25, 0.3) is 11.2 Å². The van der Waals surface area contributed by atoms with Crippen LogP contribution in [0.1, 0.15) is 75.8 Å². The van der Waals surface area contributed by atoms with E-state index in [-0.39, 0.29) is 0 Å². The number of ether oxygens (including phenoxy) is 1. The maximum Gasteiger partial charge on any atom is 0.227 e. The predicted octanol–water partition coefficient (Wildman–Crippen LogP) is 4.91. The molecule has 3 aliphatic rings. The van der Waals surface area contributed by atoms with Gasteiger partial charge in [-0.25, -0.2) is 9.99 Å². The second kappa shape index (κ2) is 11.5. The number of aromatic nitrogens is 4. The quantitative estimate of drug-likeness (QED) is 0.386. The van der Waals surface area contributed by atoms with Gasteiger partial charge in [0.1, 0.15) is 5.75 Å². The average Bonchev–Trinajstić information content (AvgIpc) is 3.62. The van der Waals surface area contributed by atoms with E-state index in [1.54, 1.807) is 7.11 Å². The molecule has 1 aromatic carbocycles. The molecule has 3 aromatic rings. The standard InChI is InChI=1S/C29H42N8O/c1-38-25-8-4-5-21(18-25)17-20-13-15-36(16-14-20)35-27-26-28(37(19-31-26)24-6-2-3-7-24)34-29(33-27)32-23-11-9-22(30)10-12-23/h4-5,8,18-20,22-24H,2-3,6-7,9-17,30H2,1H3,(H2,32,33,34,35)/t22-,23-. The molecule has 0 atom stereocenters. The Labute approximate surface area is 225 Å². The molecule has 0 amide bonds. The van der Waals surface area contributed by atoms with E-state index >= 15 is 0 Å². The van der Waals surface area contributed by atoms with Gasteiger partial charge in [0, 0.05) is 31.2 Å². The first-order valence-electron chi connectivity index (χ1n) is 14.6. The first-order valence-corrected chi connectivity index (χ1v) is 14.6. The van der Waals surface area contributed by atoms with Crippen LogP contribution in [0.5, 0.6) is 5.75 Å². The van der Waals surface area contributed by atoms with Gasteiger partial charge in [-0.15, -0.1) is 0 Å². The van der Waals surface area contributed by atoms with Gasteiger partial charge in [-0.05, 0) is 81.4 Å². The number of hydrogen-bond acceptors (Lipinski definition) is 8. The predicted molar refractivity (Wildman–Crippen MR) is 151 cm³/mol. The third-order valence-electron chi connectivity index (χ3n) is 8.78. The largest absolute Gasteiger partial charge is 0.497 e. The van der Waals surface area contributed by atoms with Crippen molar-refractivity contribution in [1.82, 2.24) is 24.5 Å². The molecule has 0 bridgehead atoms. The summed E-state index contributed by atoms with van der Waals surface area (Å²) in [6.07, 6.45) is 14.5. The fourth-order valence-corrected chi connectivity index (χ4v) is 6.49. The Balaban J connectivity index is 1.17. The lowest BCUT2D eigenvalue weighted by Crippen LogP contribution is -2.39. The number of nitrogens with zero attached hydrogens (tertiary/aromatic N) is 5. The SMILES string of the molecule is COc1cccc(CC2CCN(Nc3nc(N[C@H]4CC[C@H](N)CC4)nc4c3ncn4C3CCCC3)CC2)c1. The van der Waals surface area contributed by atoms with Crippen LogP contribution in [0.3, 0.4) is 0 Å². The van der Waals surface area contributed by atoms with Crippen LogP contribution in [-0.4, -0.2) is 56.8 Å². The Bertz CT molecular complexity index is 1210. The minimum absolute atomic E-state index is 0.323. The molecule has 2 saturated carbocycles. The fourth-order valence-electron chi connectivity index (χ4n) is 6.49. The number of hydrazine groups is 1. The van der Waals surface area contributed by atoms with E-state index in [4.69, 9.17) is 25.4 Å². The number of benzene rings is 1. The Morgan fingerprint density at radius 3 is 2.55 bits per heavy atom. The number of nitrogens with two attached hydrogens (primary N) is 1. The van der Waals surface area contributed by atoms with E-state index < -0.39 is 0 Å². The molecule has 4 N–H and O–H groups in total. The molecule has 2 aromatic heterocycles. The molecule has 204 valence electrons. The number of anilines is 2. The summed E-state index contributed by atoms with van der Waals surface area (Å²) >= 11 is 0. The molecule has 0 radical (unpaired) electrons. The van der Waals surface area contributed by atoms with Gasteiger partial charge in [0.05, 0.1) is 13.4 Å². The van der Waals surface area contributed by atoms with Crippen molar-refractivity contribution in [3.05, 3.63) is 36.2 Å². The molecule has 9 heteroatoms. The topological polar surface area (TPSA) is 106 Å². The lowest BCUT2D eigenvalue weighted by atomic mass is 9.90. The third kappa shape index (κ3) is 5.73. The van der Waals surface area contributed by atoms with Crippen molar-refractivity contribution in [2.75, 3.05) is 30.9 Å². The van der Waals surface area contributed by atoms with Crippen molar-refractivity contribution >= 4 is 22.9 Å². The summed E-state index contributed by atoms with van der Waals surface area (Å²) in [7, 11) is 1.73. The van der Waals surface area contributed by atoms with E-state index in [1.807, 2.05) is 12.4 Å². The molecule has 1 aliphatic heterocycles.